The Kier molecular flexibility index (Phi) is 6.92. The van der Waals surface area contributed by atoms with Crippen molar-refractivity contribution in [2.24, 2.45) is 0 Å². The molecule has 0 radical (unpaired) electrons. The maximum absolute atomic E-state index is 14.2. The van der Waals surface area contributed by atoms with Gasteiger partial charge in [0.25, 0.3) is 5.91 Å². The summed E-state index contributed by atoms with van der Waals surface area (Å²) in [7, 11) is -3.81. The molecule has 1 amide bonds. The normalized spacial score (nSPS) is 11.3. The number of aromatic nitrogens is 2. The molecule has 1 N–H and O–H groups in total. The number of carbonyl (C=O) groups excluding carboxylic acids is 1. The zero-order chi connectivity index (χ0) is 25.0. The van der Waals surface area contributed by atoms with Crippen molar-refractivity contribution in [2.75, 3.05) is 16.5 Å². The van der Waals surface area contributed by atoms with Gasteiger partial charge in [0, 0.05) is 12.8 Å². The first-order valence-electron chi connectivity index (χ1n) is 10.7. The number of amides is 1. The highest BCUT2D eigenvalue weighted by Gasteiger charge is 2.24. The van der Waals surface area contributed by atoms with Gasteiger partial charge in [0.2, 0.25) is 15.0 Å². The van der Waals surface area contributed by atoms with Gasteiger partial charge in [-0.15, -0.1) is 0 Å². The van der Waals surface area contributed by atoms with E-state index in [-0.39, 0.29) is 23.6 Å². The average Bonchev–Trinajstić information content (AvgIpc) is 3.34. The van der Waals surface area contributed by atoms with Crippen LogP contribution in [0.1, 0.15) is 27.4 Å². The van der Waals surface area contributed by atoms with Crippen molar-refractivity contribution in [1.29, 1.82) is 0 Å². The summed E-state index contributed by atoms with van der Waals surface area (Å²) >= 11 is 0. The number of anilines is 2. The quantitative estimate of drug-likeness (QED) is 0.362. The number of hydrogen-bond donors (Lipinski definition) is 1. The van der Waals surface area contributed by atoms with Crippen LogP contribution >= 0.6 is 0 Å². The fourth-order valence-corrected chi connectivity index (χ4v) is 3.91. The van der Waals surface area contributed by atoms with Crippen molar-refractivity contribution >= 4 is 27.1 Å². The van der Waals surface area contributed by atoms with Crippen LogP contribution in [-0.4, -0.2) is 30.5 Å². The molecule has 4 rings (SSSR count). The SMILES string of the molecule is Cc1ccc(CN(Cc2ccco2)c2cnc(S(C)(=O)=O)nc2C(=O)Nc2ccccc2F)cc1. The highest BCUT2D eigenvalue weighted by Crippen LogP contribution is 2.26. The molecular weight excluding hydrogens is 471 g/mol. The number of rotatable bonds is 8. The van der Waals surface area contributed by atoms with Crippen LogP contribution in [0.2, 0.25) is 0 Å². The standard InChI is InChI=1S/C25H23FN4O4S/c1-17-9-11-18(12-10-17)15-30(16-19-6-5-13-34-19)22-14-27-25(35(2,32)33)29-23(22)24(31)28-21-8-4-3-7-20(21)26/h3-14H,15-16H2,1-2H3,(H,28,31). The molecule has 0 aliphatic rings. The average molecular weight is 495 g/mol. The molecule has 0 atom stereocenters. The molecule has 0 bridgehead atoms. The summed E-state index contributed by atoms with van der Waals surface area (Å²) in [5.41, 5.74) is 2.04. The summed E-state index contributed by atoms with van der Waals surface area (Å²) in [6, 6.07) is 17.0. The smallest absolute Gasteiger partial charge is 0.276 e. The minimum Gasteiger partial charge on any atom is -0.467 e. The van der Waals surface area contributed by atoms with E-state index in [1.807, 2.05) is 31.2 Å². The molecule has 0 saturated carbocycles. The Morgan fingerprint density at radius 3 is 2.46 bits per heavy atom. The number of halogens is 1. The molecule has 2 heterocycles. The summed E-state index contributed by atoms with van der Waals surface area (Å²) in [6.07, 6.45) is 3.78. The van der Waals surface area contributed by atoms with E-state index in [1.54, 1.807) is 23.1 Å². The Morgan fingerprint density at radius 2 is 1.80 bits per heavy atom. The van der Waals surface area contributed by atoms with Gasteiger partial charge in [-0.25, -0.2) is 22.8 Å². The van der Waals surface area contributed by atoms with Crippen molar-refractivity contribution in [3.8, 4) is 0 Å². The maximum atomic E-state index is 14.2. The molecule has 0 unspecified atom stereocenters. The lowest BCUT2D eigenvalue weighted by Gasteiger charge is -2.25. The second kappa shape index (κ2) is 10.1. The summed E-state index contributed by atoms with van der Waals surface area (Å²) in [5.74, 6) is -0.789. The Balaban J connectivity index is 1.79. The van der Waals surface area contributed by atoms with Gasteiger partial charge in [-0.3, -0.25) is 4.79 Å². The van der Waals surface area contributed by atoms with Gasteiger partial charge < -0.3 is 14.6 Å². The van der Waals surface area contributed by atoms with E-state index in [0.29, 0.717) is 12.3 Å². The second-order valence-corrected chi connectivity index (χ2v) is 9.92. The summed E-state index contributed by atoms with van der Waals surface area (Å²) in [6.45, 7) is 2.58. The lowest BCUT2D eigenvalue weighted by atomic mass is 10.1. The first kappa shape index (κ1) is 24.1. The molecule has 180 valence electrons. The zero-order valence-corrected chi connectivity index (χ0v) is 19.9. The number of aryl methyl sites for hydroxylation is 1. The number of furan rings is 1. The van der Waals surface area contributed by atoms with Gasteiger partial charge in [-0.1, -0.05) is 42.0 Å². The third-order valence-electron chi connectivity index (χ3n) is 5.18. The van der Waals surface area contributed by atoms with Crippen LogP contribution in [0, 0.1) is 12.7 Å². The van der Waals surface area contributed by atoms with Crippen molar-refractivity contribution < 1.29 is 22.0 Å². The number of nitrogens with one attached hydrogen (secondary N) is 1. The molecule has 10 heteroatoms. The zero-order valence-electron chi connectivity index (χ0n) is 19.1. The Morgan fingerprint density at radius 1 is 1.06 bits per heavy atom. The van der Waals surface area contributed by atoms with E-state index >= 15 is 0 Å². The monoisotopic (exact) mass is 494 g/mol. The summed E-state index contributed by atoms with van der Waals surface area (Å²) in [5, 5.41) is 1.98. The van der Waals surface area contributed by atoms with Crippen LogP contribution in [0.5, 0.6) is 0 Å². The van der Waals surface area contributed by atoms with E-state index in [0.717, 1.165) is 17.4 Å². The number of carbonyl (C=O) groups is 1. The van der Waals surface area contributed by atoms with Crippen LogP contribution in [0.15, 0.2) is 82.7 Å². The third-order valence-corrected chi connectivity index (χ3v) is 6.04. The molecule has 2 aromatic carbocycles. The minimum atomic E-state index is -3.81. The van der Waals surface area contributed by atoms with Crippen molar-refractivity contribution in [3.63, 3.8) is 0 Å². The molecule has 4 aromatic rings. The van der Waals surface area contributed by atoms with E-state index < -0.39 is 26.7 Å². The van der Waals surface area contributed by atoms with Crippen molar-refractivity contribution in [3.05, 3.63) is 102 Å². The molecule has 35 heavy (non-hydrogen) atoms. The first-order valence-corrected chi connectivity index (χ1v) is 12.6. The Hall–Kier alpha value is -4.05. The molecule has 0 aliphatic heterocycles. The van der Waals surface area contributed by atoms with Crippen LogP contribution in [0.25, 0.3) is 0 Å². The van der Waals surface area contributed by atoms with Gasteiger partial charge >= 0.3 is 0 Å². The summed E-state index contributed by atoms with van der Waals surface area (Å²) < 4.78 is 44.0. The predicted octanol–water partition coefficient (Wildman–Crippen LogP) is 4.38. The number of nitrogens with zero attached hydrogens (tertiary/aromatic N) is 3. The number of para-hydroxylation sites is 1. The van der Waals surface area contributed by atoms with Gasteiger partial charge in [-0.2, -0.15) is 0 Å². The lowest BCUT2D eigenvalue weighted by Crippen LogP contribution is -2.27. The fourth-order valence-electron chi connectivity index (χ4n) is 3.41. The van der Waals surface area contributed by atoms with Gasteiger partial charge in [0.1, 0.15) is 11.6 Å². The van der Waals surface area contributed by atoms with Gasteiger partial charge in [0.15, 0.2) is 5.69 Å². The maximum Gasteiger partial charge on any atom is 0.276 e. The van der Waals surface area contributed by atoms with Crippen LogP contribution in [0.3, 0.4) is 0 Å². The van der Waals surface area contributed by atoms with Crippen LogP contribution in [-0.2, 0) is 22.9 Å². The number of benzene rings is 2. The first-order chi connectivity index (χ1) is 16.7. The molecular formula is C25H23FN4O4S. The second-order valence-electron chi connectivity index (χ2n) is 8.01. The Bertz CT molecular complexity index is 1440. The largest absolute Gasteiger partial charge is 0.467 e. The molecule has 0 aliphatic carbocycles. The van der Waals surface area contributed by atoms with Crippen molar-refractivity contribution in [1.82, 2.24) is 9.97 Å². The van der Waals surface area contributed by atoms with E-state index in [4.69, 9.17) is 4.42 Å². The highest BCUT2D eigenvalue weighted by atomic mass is 32.2. The summed E-state index contributed by atoms with van der Waals surface area (Å²) in [4.78, 5) is 23.1. The van der Waals surface area contributed by atoms with Gasteiger partial charge in [0.05, 0.1) is 30.4 Å². The van der Waals surface area contributed by atoms with Gasteiger partial charge in [-0.05, 0) is 36.8 Å². The van der Waals surface area contributed by atoms with E-state index in [9.17, 15) is 17.6 Å². The number of hydrogen-bond acceptors (Lipinski definition) is 7. The van der Waals surface area contributed by atoms with Crippen molar-refractivity contribution in [2.45, 2.75) is 25.2 Å². The molecule has 0 spiro atoms. The topological polar surface area (TPSA) is 105 Å². The molecule has 2 aromatic heterocycles. The molecule has 0 fully saturated rings. The number of sulfone groups is 1. The molecule has 0 saturated heterocycles. The Labute approximate surface area is 202 Å². The minimum absolute atomic E-state index is 0.0564. The highest BCUT2D eigenvalue weighted by molar-refractivity contribution is 7.90. The lowest BCUT2D eigenvalue weighted by molar-refractivity contribution is 0.102. The fraction of sp³-hybridized carbons (Fsp3) is 0.160. The van der Waals surface area contributed by atoms with E-state index in [2.05, 4.69) is 15.3 Å². The van der Waals surface area contributed by atoms with Crippen LogP contribution < -0.4 is 10.2 Å². The predicted molar refractivity (Wildman–Crippen MR) is 129 cm³/mol. The van der Waals surface area contributed by atoms with E-state index in [1.165, 1.54) is 30.7 Å². The van der Waals surface area contributed by atoms with Crippen LogP contribution in [0.4, 0.5) is 15.8 Å². The molecule has 8 nitrogen and oxygen atoms in total. The third kappa shape index (κ3) is 5.90.